The Balaban J connectivity index is 2.10. The predicted octanol–water partition coefficient (Wildman–Crippen LogP) is -0.990. The summed E-state index contributed by atoms with van der Waals surface area (Å²) in [6.45, 7) is 3.20. The van der Waals surface area contributed by atoms with Crippen LogP contribution in [0.3, 0.4) is 0 Å². The van der Waals surface area contributed by atoms with Crippen molar-refractivity contribution in [1.29, 1.82) is 0 Å². The second-order valence-electron chi connectivity index (χ2n) is 6.07. The lowest BCUT2D eigenvalue weighted by atomic mass is 9.87. The van der Waals surface area contributed by atoms with Crippen LogP contribution in [-0.4, -0.2) is 60.8 Å². The van der Waals surface area contributed by atoms with Crippen LogP contribution < -0.4 is 10.6 Å². The Kier molecular flexibility index (Phi) is 3.51. The number of hydrogen-bond acceptors (Lipinski definition) is 5. The molecular formula is C12H19N3O5S. The summed E-state index contributed by atoms with van der Waals surface area (Å²) in [4.78, 5) is 36.8. The van der Waals surface area contributed by atoms with Crippen LogP contribution in [0.25, 0.3) is 0 Å². The molecule has 4 amide bonds. The number of sulfone groups is 1. The molecule has 0 radical (unpaired) electrons. The molecule has 118 valence electrons. The molecule has 2 saturated heterocycles. The molecule has 2 N–H and O–H groups in total. The van der Waals surface area contributed by atoms with Crippen molar-refractivity contribution in [2.24, 2.45) is 0 Å². The number of likely N-dealkylation sites (tertiary alicyclic amines) is 1. The topological polar surface area (TPSA) is 113 Å². The monoisotopic (exact) mass is 317 g/mol. The number of amides is 4. The fourth-order valence-corrected chi connectivity index (χ4v) is 2.96. The van der Waals surface area contributed by atoms with Crippen LogP contribution in [0.2, 0.25) is 0 Å². The van der Waals surface area contributed by atoms with Crippen LogP contribution >= 0.6 is 0 Å². The van der Waals surface area contributed by atoms with Gasteiger partial charge >= 0.3 is 6.03 Å². The summed E-state index contributed by atoms with van der Waals surface area (Å²) in [6, 6.07) is -0.531. The van der Waals surface area contributed by atoms with E-state index in [1.807, 2.05) is 0 Å². The molecule has 0 bridgehead atoms. The van der Waals surface area contributed by atoms with Crippen LogP contribution in [0, 0.1) is 0 Å². The molecule has 2 rings (SSSR count). The van der Waals surface area contributed by atoms with Gasteiger partial charge in [-0.3, -0.25) is 14.9 Å². The summed E-state index contributed by atoms with van der Waals surface area (Å²) in [5.41, 5.74) is -0.969. The van der Waals surface area contributed by atoms with Gasteiger partial charge in [-0.1, -0.05) is 0 Å². The minimum absolute atomic E-state index is 0.228. The van der Waals surface area contributed by atoms with Crippen LogP contribution in [0.1, 0.15) is 26.7 Å². The van der Waals surface area contributed by atoms with Crippen molar-refractivity contribution in [2.45, 2.75) is 37.0 Å². The molecule has 0 aromatic carbocycles. The van der Waals surface area contributed by atoms with E-state index < -0.39 is 32.1 Å². The fraction of sp³-hybridized carbons (Fsp3) is 0.750. The lowest BCUT2D eigenvalue weighted by Gasteiger charge is -2.39. The average molecular weight is 317 g/mol. The Hall–Kier alpha value is -1.64. The quantitative estimate of drug-likeness (QED) is 0.635. The van der Waals surface area contributed by atoms with E-state index in [1.165, 1.54) is 18.7 Å². The Bertz CT molecular complexity index is 602. The fourth-order valence-electron chi connectivity index (χ4n) is 2.51. The van der Waals surface area contributed by atoms with Crippen molar-refractivity contribution in [3.8, 4) is 0 Å². The highest BCUT2D eigenvalue weighted by Gasteiger charge is 2.50. The number of piperidine rings is 1. The van der Waals surface area contributed by atoms with Gasteiger partial charge in [-0.15, -0.1) is 0 Å². The van der Waals surface area contributed by atoms with E-state index in [-0.39, 0.29) is 31.8 Å². The summed E-state index contributed by atoms with van der Waals surface area (Å²) in [5.74, 6) is -0.869. The minimum Gasteiger partial charge on any atom is -0.341 e. The summed E-state index contributed by atoms with van der Waals surface area (Å²) in [7, 11) is -3.54. The number of rotatable bonds is 2. The second-order valence-corrected chi connectivity index (χ2v) is 8.63. The maximum atomic E-state index is 12.4. The lowest BCUT2D eigenvalue weighted by Crippen LogP contribution is -2.59. The van der Waals surface area contributed by atoms with Crippen LogP contribution in [-0.2, 0) is 19.4 Å². The molecule has 9 heteroatoms. The number of carbonyl (C=O) groups is 3. The van der Waals surface area contributed by atoms with Crippen LogP contribution in [0.5, 0.6) is 0 Å². The highest BCUT2D eigenvalue weighted by molar-refractivity contribution is 7.92. The summed E-state index contributed by atoms with van der Waals surface area (Å²) >= 11 is 0. The summed E-state index contributed by atoms with van der Waals surface area (Å²) < 4.78 is 21.9. The van der Waals surface area contributed by atoms with Crippen molar-refractivity contribution < 1.29 is 22.8 Å². The number of imide groups is 1. The normalized spacial score (nSPS) is 22.1. The van der Waals surface area contributed by atoms with Crippen molar-refractivity contribution in [3.05, 3.63) is 0 Å². The molecule has 0 saturated carbocycles. The Morgan fingerprint density at radius 2 is 1.76 bits per heavy atom. The van der Waals surface area contributed by atoms with E-state index in [1.54, 1.807) is 0 Å². The molecule has 0 aliphatic carbocycles. The Labute approximate surface area is 123 Å². The van der Waals surface area contributed by atoms with Crippen molar-refractivity contribution >= 4 is 27.7 Å². The van der Waals surface area contributed by atoms with Crippen molar-refractivity contribution in [1.82, 2.24) is 15.5 Å². The Morgan fingerprint density at radius 1 is 1.24 bits per heavy atom. The molecule has 0 aromatic rings. The number of nitrogens with zero attached hydrogens (tertiary/aromatic N) is 1. The molecule has 2 aliphatic heterocycles. The molecule has 0 unspecified atom stereocenters. The zero-order valence-electron chi connectivity index (χ0n) is 12.2. The molecular weight excluding hydrogens is 298 g/mol. The van der Waals surface area contributed by atoms with E-state index in [2.05, 4.69) is 10.6 Å². The smallest absolute Gasteiger partial charge is 0.322 e. The predicted molar refractivity (Wildman–Crippen MR) is 74.1 cm³/mol. The number of carbonyl (C=O) groups excluding carboxylic acids is 3. The Morgan fingerprint density at radius 3 is 2.14 bits per heavy atom. The van der Waals surface area contributed by atoms with Gasteiger partial charge in [-0.2, -0.15) is 0 Å². The molecule has 21 heavy (non-hydrogen) atoms. The standard InChI is InChI=1S/C12H19N3O5S/c1-11(2,21(3,19)20)9(17)15-6-4-12(5-7-15)8(16)13-10(18)14-12/h4-7H2,1-3H3,(H2,13,14,16,18). The van der Waals surface area contributed by atoms with Gasteiger partial charge in [0.15, 0.2) is 9.84 Å². The molecule has 2 heterocycles. The van der Waals surface area contributed by atoms with E-state index in [0.717, 1.165) is 6.26 Å². The third-order valence-corrected chi connectivity index (χ3v) is 6.39. The summed E-state index contributed by atoms with van der Waals surface area (Å²) in [5, 5.41) is 4.78. The van der Waals surface area contributed by atoms with Crippen molar-refractivity contribution in [2.75, 3.05) is 19.3 Å². The first-order valence-corrected chi connectivity index (χ1v) is 8.51. The van der Waals surface area contributed by atoms with Gasteiger partial charge in [0.05, 0.1) is 0 Å². The van der Waals surface area contributed by atoms with Crippen LogP contribution in [0.4, 0.5) is 4.79 Å². The van der Waals surface area contributed by atoms with E-state index in [4.69, 9.17) is 0 Å². The minimum atomic E-state index is -3.54. The summed E-state index contributed by atoms with van der Waals surface area (Å²) in [6.07, 6.45) is 1.58. The maximum Gasteiger partial charge on any atom is 0.322 e. The first-order valence-electron chi connectivity index (χ1n) is 6.62. The number of nitrogens with one attached hydrogen (secondary N) is 2. The highest BCUT2D eigenvalue weighted by Crippen LogP contribution is 2.28. The van der Waals surface area contributed by atoms with E-state index >= 15 is 0 Å². The SMILES string of the molecule is CC(C)(C(=O)N1CCC2(CC1)NC(=O)NC2=O)S(C)(=O)=O. The number of hydrogen-bond donors (Lipinski definition) is 2. The van der Waals surface area contributed by atoms with Gasteiger partial charge in [-0.25, -0.2) is 13.2 Å². The van der Waals surface area contributed by atoms with Gasteiger partial charge in [0.25, 0.3) is 5.91 Å². The van der Waals surface area contributed by atoms with Gasteiger partial charge in [0.2, 0.25) is 5.91 Å². The average Bonchev–Trinajstić information content (AvgIpc) is 2.63. The van der Waals surface area contributed by atoms with E-state index in [0.29, 0.717) is 0 Å². The number of urea groups is 1. The van der Waals surface area contributed by atoms with Crippen LogP contribution in [0.15, 0.2) is 0 Å². The largest absolute Gasteiger partial charge is 0.341 e. The van der Waals surface area contributed by atoms with Gasteiger partial charge < -0.3 is 10.2 Å². The molecule has 0 aromatic heterocycles. The third kappa shape index (κ3) is 2.50. The zero-order valence-corrected chi connectivity index (χ0v) is 13.0. The second kappa shape index (κ2) is 4.69. The van der Waals surface area contributed by atoms with Gasteiger partial charge in [-0.05, 0) is 26.7 Å². The van der Waals surface area contributed by atoms with E-state index in [9.17, 15) is 22.8 Å². The first-order chi connectivity index (χ1) is 9.49. The highest BCUT2D eigenvalue weighted by atomic mass is 32.2. The lowest BCUT2D eigenvalue weighted by molar-refractivity contribution is -0.137. The third-order valence-electron chi connectivity index (χ3n) is 4.36. The van der Waals surface area contributed by atoms with Crippen molar-refractivity contribution in [3.63, 3.8) is 0 Å². The molecule has 0 atom stereocenters. The molecule has 1 spiro atoms. The van der Waals surface area contributed by atoms with Gasteiger partial charge in [0.1, 0.15) is 10.3 Å². The first kappa shape index (κ1) is 15.7. The zero-order chi connectivity index (χ0) is 16.1. The maximum absolute atomic E-state index is 12.4. The molecule has 2 aliphatic rings. The molecule has 2 fully saturated rings. The van der Waals surface area contributed by atoms with Gasteiger partial charge in [0, 0.05) is 19.3 Å². The molecule has 8 nitrogen and oxygen atoms in total.